The van der Waals surface area contributed by atoms with E-state index in [-0.39, 0.29) is 5.91 Å². The van der Waals surface area contributed by atoms with Crippen molar-refractivity contribution >= 4 is 16.8 Å². The van der Waals surface area contributed by atoms with E-state index in [0.717, 1.165) is 43.6 Å². The van der Waals surface area contributed by atoms with Crippen LogP contribution in [-0.2, 0) is 0 Å². The van der Waals surface area contributed by atoms with Crippen molar-refractivity contribution in [2.45, 2.75) is 0 Å². The molecule has 1 aromatic carbocycles. The minimum Gasteiger partial charge on any atom is -0.351 e. The van der Waals surface area contributed by atoms with E-state index in [2.05, 4.69) is 20.5 Å². The lowest BCUT2D eigenvalue weighted by atomic mass is 10.1. The average Bonchev–Trinajstić information content (AvgIpc) is 2.55. The van der Waals surface area contributed by atoms with Crippen LogP contribution in [0.3, 0.4) is 0 Å². The van der Waals surface area contributed by atoms with Crippen molar-refractivity contribution in [2.24, 2.45) is 0 Å². The maximum atomic E-state index is 12.2. The summed E-state index contributed by atoms with van der Waals surface area (Å²) in [5.41, 5.74) is 1.60. The fourth-order valence-corrected chi connectivity index (χ4v) is 2.58. The van der Waals surface area contributed by atoms with Crippen molar-refractivity contribution in [2.75, 3.05) is 39.3 Å². The molecule has 2 aromatic rings. The van der Waals surface area contributed by atoms with Crippen molar-refractivity contribution in [3.8, 4) is 0 Å². The third-order valence-corrected chi connectivity index (χ3v) is 3.79. The van der Waals surface area contributed by atoms with Gasteiger partial charge in [0.2, 0.25) is 0 Å². The monoisotopic (exact) mass is 284 g/mol. The average molecular weight is 284 g/mol. The van der Waals surface area contributed by atoms with Gasteiger partial charge < -0.3 is 10.6 Å². The Bertz CT molecular complexity index is 622. The topological polar surface area (TPSA) is 57.3 Å². The second-order valence-corrected chi connectivity index (χ2v) is 5.26. The van der Waals surface area contributed by atoms with Gasteiger partial charge in [-0.2, -0.15) is 0 Å². The second kappa shape index (κ2) is 6.65. The molecule has 0 aliphatic carbocycles. The summed E-state index contributed by atoms with van der Waals surface area (Å²) in [4.78, 5) is 18.8. The van der Waals surface area contributed by atoms with Crippen molar-refractivity contribution in [3.63, 3.8) is 0 Å². The molecule has 1 aliphatic rings. The summed E-state index contributed by atoms with van der Waals surface area (Å²) in [6.07, 6.45) is 1.76. The number of hydrogen-bond acceptors (Lipinski definition) is 4. The molecule has 1 aliphatic heterocycles. The summed E-state index contributed by atoms with van der Waals surface area (Å²) in [6, 6.07) is 9.47. The lowest BCUT2D eigenvalue weighted by molar-refractivity contribution is 0.0947. The Balaban J connectivity index is 1.56. The highest BCUT2D eigenvalue weighted by Crippen LogP contribution is 2.13. The Kier molecular flexibility index (Phi) is 4.43. The van der Waals surface area contributed by atoms with Gasteiger partial charge in [0.05, 0.1) is 5.52 Å². The Morgan fingerprint density at radius 2 is 2.14 bits per heavy atom. The van der Waals surface area contributed by atoms with Gasteiger partial charge in [0.15, 0.2) is 0 Å². The molecule has 1 saturated heterocycles. The molecule has 1 fully saturated rings. The van der Waals surface area contributed by atoms with Gasteiger partial charge in [0, 0.05) is 56.4 Å². The van der Waals surface area contributed by atoms with E-state index >= 15 is 0 Å². The Morgan fingerprint density at radius 1 is 1.29 bits per heavy atom. The molecule has 1 amide bonds. The smallest absolute Gasteiger partial charge is 0.251 e. The van der Waals surface area contributed by atoms with Gasteiger partial charge in [0.25, 0.3) is 5.91 Å². The molecule has 0 bridgehead atoms. The number of benzene rings is 1. The molecule has 21 heavy (non-hydrogen) atoms. The molecular formula is C16H20N4O. The summed E-state index contributed by atoms with van der Waals surface area (Å²) in [5, 5.41) is 7.30. The number of fused-ring (bicyclic) bond motifs is 1. The molecule has 2 N–H and O–H groups in total. The van der Waals surface area contributed by atoms with Gasteiger partial charge in [0.1, 0.15) is 0 Å². The molecule has 5 heteroatoms. The van der Waals surface area contributed by atoms with Crippen molar-refractivity contribution in [3.05, 3.63) is 42.1 Å². The molecule has 0 spiro atoms. The van der Waals surface area contributed by atoms with E-state index in [1.54, 1.807) is 6.20 Å². The summed E-state index contributed by atoms with van der Waals surface area (Å²) in [6.45, 7) is 5.76. The number of carbonyl (C=O) groups excluding carboxylic acids is 1. The van der Waals surface area contributed by atoms with Crippen LogP contribution in [0.25, 0.3) is 10.9 Å². The van der Waals surface area contributed by atoms with E-state index in [1.165, 1.54) is 0 Å². The van der Waals surface area contributed by atoms with Crippen LogP contribution >= 0.6 is 0 Å². The van der Waals surface area contributed by atoms with Crippen molar-refractivity contribution in [1.29, 1.82) is 0 Å². The van der Waals surface area contributed by atoms with Crippen LogP contribution in [0.4, 0.5) is 0 Å². The van der Waals surface area contributed by atoms with E-state index in [0.29, 0.717) is 12.1 Å². The van der Waals surface area contributed by atoms with Gasteiger partial charge in [-0.25, -0.2) is 0 Å². The minimum atomic E-state index is -0.0177. The zero-order valence-corrected chi connectivity index (χ0v) is 12.0. The summed E-state index contributed by atoms with van der Waals surface area (Å²) >= 11 is 0. The first-order valence-electron chi connectivity index (χ1n) is 7.39. The molecule has 2 heterocycles. The Labute approximate surface area is 124 Å². The number of pyridine rings is 1. The van der Waals surface area contributed by atoms with E-state index in [4.69, 9.17) is 0 Å². The van der Waals surface area contributed by atoms with Crippen molar-refractivity contribution in [1.82, 2.24) is 20.5 Å². The number of rotatable bonds is 4. The molecule has 0 saturated carbocycles. The number of aromatic nitrogens is 1. The van der Waals surface area contributed by atoms with E-state index in [1.807, 2.05) is 30.3 Å². The highest BCUT2D eigenvalue weighted by atomic mass is 16.1. The number of piperazine rings is 1. The normalized spacial score (nSPS) is 16.0. The molecule has 110 valence electrons. The molecule has 1 aromatic heterocycles. The minimum absolute atomic E-state index is 0.0177. The molecule has 3 rings (SSSR count). The SMILES string of the molecule is O=C(NCCN1CCNCC1)c1ccc2ncccc2c1. The molecule has 5 nitrogen and oxygen atoms in total. The molecule has 0 atom stereocenters. The Hall–Kier alpha value is -1.98. The predicted molar refractivity (Wildman–Crippen MR) is 83.4 cm³/mol. The van der Waals surface area contributed by atoms with Gasteiger partial charge in [-0.3, -0.25) is 14.7 Å². The van der Waals surface area contributed by atoms with Crippen LogP contribution < -0.4 is 10.6 Å². The summed E-state index contributed by atoms with van der Waals surface area (Å²) < 4.78 is 0. The number of carbonyl (C=O) groups is 1. The van der Waals surface area contributed by atoms with Crippen LogP contribution in [0.5, 0.6) is 0 Å². The Morgan fingerprint density at radius 3 is 3.00 bits per heavy atom. The zero-order valence-electron chi connectivity index (χ0n) is 12.0. The third-order valence-electron chi connectivity index (χ3n) is 3.79. The highest BCUT2D eigenvalue weighted by Gasteiger charge is 2.10. The van der Waals surface area contributed by atoms with Crippen LogP contribution in [0.1, 0.15) is 10.4 Å². The van der Waals surface area contributed by atoms with Gasteiger partial charge in [-0.1, -0.05) is 6.07 Å². The first-order chi connectivity index (χ1) is 10.3. The summed E-state index contributed by atoms with van der Waals surface area (Å²) in [5.74, 6) is -0.0177. The highest BCUT2D eigenvalue weighted by molar-refractivity contribution is 5.97. The van der Waals surface area contributed by atoms with E-state index < -0.39 is 0 Å². The molecular weight excluding hydrogens is 264 g/mol. The molecule has 0 unspecified atom stereocenters. The standard InChI is InChI=1S/C16H20N4O/c21-16(19-8-11-20-9-6-17-7-10-20)14-3-4-15-13(12-14)2-1-5-18-15/h1-5,12,17H,6-11H2,(H,19,21). The number of nitrogens with one attached hydrogen (secondary N) is 2. The molecule has 0 radical (unpaired) electrons. The van der Waals surface area contributed by atoms with Crippen LogP contribution in [0.15, 0.2) is 36.5 Å². The maximum Gasteiger partial charge on any atom is 0.251 e. The number of hydrogen-bond donors (Lipinski definition) is 2. The second-order valence-electron chi connectivity index (χ2n) is 5.26. The van der Waals surface area contributed by atoms with Gasteiger partial charge >= 0.3 is 0 Å². The maximum absolute atomic E-state index is 12.2. The predicted octanol–water partition coefficient (Wildman–Crippen LogP) is 0.870. The van der Waals surface area contributed by atoms with E-state index in [9.17, 15) is 4.79 Å². The van der Waals surface area contributed by atoms with Crippen LogP contribution in [-0.4, -0.2) is 55.1 Å². The van der Waals surface area contributed by atoms with Crippen LogP contribution in [0, 0.1) is 0 Å². The first-order valence-corrected chi connectivity index (χ1v) is 7.39. The summed E-state index contributed by atoms with van der Waals surface area (Å²) in [7, 11) is 0. The lowest BCUT2D eigenvalue weighted by Crippen LogP contribution is -2.46. The third kappa shape index (κ3) is 3.56. The number of nitrogens with zero attached hydrogens (tertiary/aromatic N) is 2. The fraction of sp³-hybridized carbons (Fsp3) is 0.375. The van der Waals surface area contributed by atoms with Gasteiger partial charge in [-0.15, -0.1) is 0 Å². The number of amides is 1. The van der Waals surface area contributed by atoms with Crippen LogP contribution in [0.2, 0.25) is 0 Å². The first kappa shape index (κ1) is 14.0. The fourth-order valence-electron chi connectivity index (χ4n) is 2.58. The quantitative estimate of drug-likeness (QED) is 0.875. The lowest BCUT2D eigenvalue weighted by Gasteiger charge is -2.27. The zero-order chi connectivity index (χ0) is 14.5. The van der Waals surface area contributed by atoms with Gasteiger partial charge in [-0.05, 0) is 24.3 Å². The largest absolute Gasteiger partial charge is 0.351 e. The van der Waals surface area contributed by atoms with Crippen molar-refractivity contribution < 1.29 is 4.79 Å².